The molecule has 2 rings (SSSR count). The minimum atomic E-state index is -0.404. The molecule has 0 saturated carbocycles. The zero-order valence-electron chi connectivity index (χ0n) is 12.1. The number of rotatable bonds is 7. The Morgan fingerprint density at radius 2 is 2.29 bits per heavy atom. The third-order valence-corrected chi connectivity index (χ3v) is 3.14. The number of nitro groups is 1. The molecule has 0 aliphatic carbocycles. The van der Waals surface area contributed by atoms with Crippen LogP contribution in [-0.2, 0) is 20.0 Å². The van der Waals surface area contributed by atoms with E-state index in [-0.39, 0.29) is 5.69 Å². The quantitative estimate of drug-likeness (QED) is 0.476. The summed E-state index contributed by atoms with van der Waals surface area (Å²) in [4.78, 5) is 10.4. The normalized spacial score (nSPS) is 10.6. The highest BCUT2D eigenvalue weighted by Crippen LogP contribution is 2.23. The Kier molecular flexibility index (Phi) is 4.89. The average molecular weight is 290 g/mol. The van der Waals surface area contributed by atoms with Gasteiger partial charge in [0.25, 0.3) is 5.69 Å². The number of methoxy groups -OCH3 is 1. The lowest BCUT2D eigenvalue weighted by Crippen LogP contribution is -2.17. The molecule has 112 valence electrons. The first kappa shape index (κ1) is 15.0. The summed E-state index contributed by atoms with van der Waals surface area (Å²) in [5, 5.41) is 18.2. The van der Waals surface area contributed by atoms with Crippen LogP contribution in [0.25, 0.3) is 0 Å². The highest BCUT2D eigenvalue weighted by Gasteiger charge is 2.10. The molecule has 1 heterocycles. The number of nitro benzene ring substituents is 1. The lowest BCUT2D eigenvalue weighted by molar-refractivity contribution is -0.384. The molecule has 0 atom stereocenters. The molecule has 0 aliphatic heterocycles. The molecule has 21 heavy (non-hydrogen) atoms. The SMILES string of the molecule is COc1ccc([N+](=O)[O-])cc1CNCCc1cnn(C)c1. The number of non-ortho nitro benzene ring substituents is 1. The van der Waals surface area contributed by atoms with Gasteiger partial charge in [0.2, 0.25) is 0 Å². The second kappa shape index (κ2) is 6.85. The van der Waals surface area contributed by atoms with E-state index in [9.17, 15) is 10.1 Å². The van der Waals surface area contributed by atoms with Gasteiger partial charge in [0.05, 0.1) is 18.2 Å². The number of nitrogens with one attached hydrogen (secondary N) is 1. The van der Waals surface area contributed by atoms with Crippen LogP contribution in [0.3, 0.4) is 0 Å². The van der Waals surface area contributed by atoms with Gasteiger partial charge in [0, 0.05) is 37.5 Å². The van der Waals surface area contributed by atoms with Crippen molar-refractivity contribution in [3.63, 3.8) is 0 Å². The second-order valence-electron chi connectivity index (χ2n) is 4.70. The summed E-state index contributed by atoms with van der Waals surface area (Å²) in [5.74, 6) is 0.648. The van der Waals surface area contributed by atoms with E-state index in [1.165, 1.54) is 12.1 Å². The largest absolute Gasteiger partial charge is 0.496 e. The topological polar surface area (TPSA) is 82.2 Å². The summed E-state index contributed by atoms with van der Waals surface area (Å²) >= 11 is 0. The molecule has 7 heteroatoms. The van der Waals surface area contributed by atoms with Crippen molar-refractivity contribution in [2.75, 3.05) is 13.7 Å². The molecule has 0 aliphatic rings. The Bertz CT molecular complexity index is 624. The van der Waals surface area contributed by atoms with Gasteiger partial charge in [0.15, 0.2) is 0 Å². The third-order valence-electron chi connectivity index (χ3n) is 3.14. The predicted octanol–water partition coefficient (Wildman–Crippen LogP) is 1.67. The Labute approximate surface area is 122 Å². The summed E-state index contributed by atoms with van der Waals surface area (Å²) < 4.78 is 6.99. The number of benzene rings is 1. The van der Waals surface area contributed by atoms with E-state index < -0.39 is 4.92 Å². The minimum Gasteiger partial charge on any atom is -0.496 e. The first-order chi connectivity index (χ1) is 10.1. The summed E-state index contributed by atoms with van der Waals surface area (Å²) in [6.45, 7) is 1.28. The van der Waals surface area contributed by atoms with E-state index in [0.717, 1.165) is 24.1 Å². The van der Waals surface area contributed by atoms with Crippen LogP contribution < -0.4 is 10.1 Å². The molecule has 0 saturated heterocycles. The van der Waals surface area contributed by atoms with Gasteiger partial charge in [-0.25, -0.2) is 0 Å². The number of hydrogen-bond acceptors (Lipinski definition) is 5. The Balaban J connectivity index is 1.92. The fraction of sp³-hybridized carbons (Fsp3) is 0.357. The monoisotopic (exact) mass is 290 g/mol. The zero-order valence-corrected chi connectivity index (χ0v) is 12.1. The van der Waals surface area contributed by atoms with Gasteiger partial charge in [-0.3, -0.25) is 14.8 Å². The van der Waals surface area contributed by atoms with Crippen LogP contribution in [0, 0.1) is 10.1 Å². The molecule has 0 spiro atoms. The molecule has 0 bridgehead atoms. The summed E-state index contributed by atoms with van der Waals surface area (Å²) in [6, 6.07) is 4.60. The van der Waals surface area contributed by atoms with Crippen molar-refractivity contribution in [2.24, 2.45) is 7.05 Å². The van der Waals surface area contributed by atoms with Crippen LogP contribution >= 0.6 is 0 Å². The molecular formula is C14H18N4O3. The van der Waals surface area contributed by atoms with Crippen LogP contribution in [0.15, 0.2) is 30.6 Å². The third kappa shape index (κ3) is 4.03. The number of nitrogens with zero attached hydrogens (tertiary/aromatic N) is 3. The van der Waals surface area contributed by atoms with E-state index >= 15 is 0 Å². The molecule has 1 aromatic heterocycles. The second-order valence-corrected chi connectivity index (χ2v) is 4.70. The first-order valence-electron chi connectivity index (χ1n) is 6.59. The maximum Gasteiger partial charge on any atom is 0.270 e. The Morgan fingerprint density at radius 3 is 2.90 bits per heavy atom. The van der Waals surface area contributed by atoms with Gasteiger partial charge >= 0.3 is 0 Å². The number of hydrogen-bond donors (Lipinski definition) is 1. The van der Waals surface area contributed by atoms with Gasteiger partial charge in [-0.05, 0) is 24.6 Å². The van der Waals surface area contributed by atoms with E-state index in [2.05, 4.69) is 10.4 Å². The summed E-state index contributed by atoms with van der Waals surface area (Å²) in [5.41, 5.74) is 1.99. The fourth-order valence-electron chi connectivity index (χ4n) is 2.07. The predicted molar refractivity (Wildman–Crippen MR) is 78.3 cm³/mol. The van der Waals surface area contributed by atoms with E-state index in [4.69, 9.17) is 4.74 Å². The highest BCUT2D eigenvalue weighted by molar-refractivity contribution is 5.43. The molecule has 0 amide bonds. The molecule has 7 nitrogen and oxygen atoms in total. The van der Waals surface area contributed by atoms with Crippen molar-refractivity contribution >= 4 is 5.69 Å². The molecular weight excluding hydrogens is 272 g/mol. The van der Waals surface area contributed by atoms with Crippen LogP contribution in [0.1, 0.15) is 11.1 Å². The maximum atomic E-state index is 10.8. The first-order valence-corrected chi connectivity index (χ1v) is 6.59. The van der Waals surface area contributed by atoms with Crippen molar-refractivity contribution in [2.45, 2.75) is 13.0 Å². The molecule has 1 N–H and O–H groups in total. The van der Waals surface area contributed by atoms with Gasteiger partial charge in [-0.1, -0.05) is 0 Å². The summed E-state index contributed by atoms with van der Waals surface area (Å²) in [7, 11) is 3.44. The smallest absolute Gasteiger partial charge is 0.270 e. The van der Waals surface area contributed by atoms with Crippen LogP contribution in [-0.4, -0.2) is 28.4 Å². The molecule has 0 unspecified atom stereocenters. The lowest BCUT2D eigenvalue weighted by Gasteiger charge is -2.09. The Morgan fingerprint density at radius 1 is 1.48 bits per heavy atom. The molecule has 0 fully saturated rings. The lowest BCUT2D eigenvalue weighted by atomic mass is 10.1. The van der Waals surface area contributed by atoms with Gasteiger partial charge in [0.1, 0.15) is 5.75 Å². The van der Waals surface area contributed by atoms with E-state index in [0.29, 0.717) is 12.3 Å². The van der Waals surface area contributed by atoms with Crippen LogP contribution in [0.2, 0.25) is 0 Å². The standard InChI is InChI=1S/C14H18N4O3/c1-17-10-11(8-16-17)5-6-15-9-12-7-13(18(19)20)3-4-14(12)21-2/h3-4,7-8,10,15H,5-6,9H2,1-2H3. The fourth-order valence-corrected chi connectivity index (χ4v) is 2.07. The number of aromatic nitrogens is 2. The van der Waals surface area contributed by atoms with Crippen LogP contribution in [0.5, 0.6) is 5.75 Å². The van der Waals surface area contributed by atoms with Crippen molar-refractivity contribution in [3.8, 4) is 5.75 Å². The van der Waals surface area contributed by atoms with Crippen molar-refractivity contribution < 1.29 is 9.66 Å². The van der Waals surface area contributed by atoms with E-state index in [1.54, 1.807) is 17.9 Å². The molecule has 2 aromatic rings. The number of aryl methyl sites for hydroxylation is 1. The zero-order chi connectivity index (χ0) is 15.2. The average Bonchev–Trinajstić information content (AvgIpc) is 2.89. The molecule has 1 aromatic carbocycles. The van der Waals surface area contributed by atoms with Crippen molar-refractivity contribution in [1.82, 2.24) is 15.1 Å². The van der Waals surface area contributed by atoms with Gasteiger partial charge < -0.3 is 10.1 Å². The maximum absolute atomic E-state index is 10.8. The molecule has 0 radical (unpaired) electrons. The highest BCUT2D eigenvalue weighted by atomic mass is 16.6. The number of ether oxygens (including phenoxy) is 1. The van der Waals surface area contributed by atoms with Crippen molar-refractivity contribution in [3.05, 3.63) is 51.8 Å². The minimum absolute atomic E-state index is 0.0693. The Hall–Kier alpha value is -2.41. The van der Waals surface area contributed by atoms with Crippen molar-refractivity contribution in [1.29, 1.82) is 0 Å². The summed E-state index contributed by atoms with van der Waals surface area (Å²) in [6.07, 6.45) is 4.65. The van der Waals surface area contributed by atoms with E-state index in [1.807, 2.05) is 19.4 Å². The van der Waals surface area contributed by atoms with Crippen LogP contribution in [0.4, 0.5) is 5.69 Å². The van der Waals surface area contributed by atoms with Gasteiger partial charge in [-0.2, -0.15) is 5.10 Å². The van der Waals surface area contributed by atoms with Gasteiger partial charge in [-0.15, -0.1) is 0 Å².